The predicted molar refractivity (Wildman–Crippen MR) is 73.6 cm³/mol. The highest BCUT2D eigenvalue weighted by Gasteiger charge is 2.31. The smallest absolute Gasteiger partial charge is 0.122 e. The third kappa shape index (κ3) is 2.78. The van der Waals surface area contributed by atoms with Crippen LogP contribution < -0.4 is 14.8 Å². The lowest BCUT2D eigenvalue weighted by atomic mass is 9.75. The molecule has 1 aromatic carbocycles. The van der Waals surface area contributed by atoms with Crippen molar-refractivity contribution in [2.24, 2.45) is 0 Å². The first-order valence-electron chi connectivity index (χ1n) is 6.73. The van der Waals surface area contributed by atoms with Gasteiger partial charge < -0.3 is 14.8 Å². The van der Waals surface area contributed by atoms with Crippen LogP contribution in [0, 0.1) is 0 Å². The van der Waals surface area contributed by atoms with Gasteiger partial charge >= 0.3 is 0 Å². The Balaban J connectivity index is 2.01. The van der Waals surface area contributed by atoms with E-state index < -0.39 is 0 Å². The number of benzene rings is 1. The Morgan fingerprint density at radius 2 is 2.00 bits per heavy atom. The highest BCUT2D eigenvalue weighted by molar-refractivity contribution is 5.43. The van der Waals surface area contributed by atoms with Gasteiger partial charge in [0, 0.05) is 11.6 Å². The van der Waals surface area contributed by atoms with Crippen LogP contribution in [0.25, 0.3) is 0 Å². The second-order valence-electron chi connectivity index (χ2n) is 4.93. The average molecular weight is 249 g/mol. The molecule has 100 valence electrons. The first-order valence-corrected chi connectivity index (χ1v) is 6.73. The first kappa shape index (κ1) is 13.2. The monoisotopic (exact) mass is 249 g/mol. The van der Waals surface area contributed by atoms with Crippen LogP contribution in [-0.2, 0) is 0 Å². The molecule has 1 aliphatic carbocycles. The van der Waals surface area contributed by atoms with Gasteiger partial charge in [-0.1, -0.05) is 6.92 Å². The molecule has 1 saturated carbocycles. The number of rotatable bonds is 6. The Hall–Kier alpha value is -1.22. The second kappa shape index (κ2) is 6.10. The van der Waals surface area contributed by atoms with E-state index in [0.717, 1.165) is 18.0 Å². The van der Waals surface area contributed by atoms with Gasteiger partial charge in [0.2, 0.25) is 0 Å². The van der Waals surface area contributed by atoms with Gasteiger partial charge in [-0.3, -0.25) is 0 Å². The zero-order valence-corrected chi connectivity index (χ0v) is 11.5. The third-order valence-electron chi connectivity index (χ3n) is 3.70. The van der Waals surface area contributed by atoms with Crippen molar-refractivity contribution in [2.45, 2.75) is 38.1 Å². The molecule has 0 heterocycles. The molecule has 0 amide bonds. The summed E-state index contributed by atoms with van der Waals surface area (Å²) in [6, 6.07) is 6.74. The SMILES string of the molecule is CCCNC1CC(c2cc(OC)ccc2OC)C1. The Bertz CT molecular complexity index is 386. The minimum atomic E-state index is 0.601. The van der Waals surface area contributed by atoms with Crippen molar-refractivity contribution in [3.05, 3.63) is 23.8 Å². The van der Waals surface area contributed by atoms with Crippen LogP contribution in [0.3, 0.4) is 0 Å². The summed E-state index contributed by atoms with van der Waals surface area (Å²) in [7, 11) is 3.44. The van der Waals surface area contributed by atoms with Crippen molar-refractivity contribution in [2.75, 3.05) is 20.8 Å². The maximum atomic E-state index is 5.44. The van der Waals surface area contributed by atoms with E-state index >= 15 is 0 Å². The standard InChI is InChI=1S/C15H23NO2/c1-4-7-16-12-8-11(9-12)14-10-13(17-2)5-6-15(14)18-3/h5-6,10-12,16H,4,7-9H2,1-3H3. The van der Waals surface area contributed by atoms with Gasteiger partial charge in [0.25, 0.3) is 0 Å². The predicted octanol–water partition coefficient (Wildman–Crippen LogP) is 2.95. The Labute approximate surface area is 109 Å². The maximum absolute atomic E-state index is 5.44. The fourth-order valence-electron chi connectivity index (χ4n) is 2.55. The lowest BCUT2D eigenvalue weighted by molar-refractivity contribution is 0.283. The number of hydrogen-bond acceptors (Lipinski definition) is 3. The van der Waals surface area contributed by atoms with Crippen LogP contribution in [0.4, 0.5) is 0 Å². The van der Waals surface area contributed by atoms with Gasteiger partial charge in [-0.2, -0.15) is 0 Å². The Kier molecular flexibility index (Phi) is 4.48. The lowest BCUT2D eigenvalue weighted by Crippen LogP contribution is -2.40. The minimum Gasteiger partial charge on any atom is -0.497 e. The van der Waals surface area contributed by atoms with Crippen LogP contribution in [0.15, 0.2) is 18.2 Å². The minimum absolute atomic E-state index is 0.601. The zero-order valence-electron chi connectivity index (χ0n) is 11.5. The second-order valence-corrected chi connectivity index (χ2v) is 4.93. The van der Waals surface area contributed by atoms with Crippen molar-refractivity contribution in [3.63, 3.8) is 0 Å². The molecule has 1 aromatic rings. The molecule has 0 bridgehead atoms. The van der Waals surface area contributed by atoms with Crippen LogP contribution in [0.1, 0.15) is 37.7 Å². The highest BCUT2D eigenvalue weighted by atomic mass is 16.5. The number of methoxy groups -OCH3 is 2. The molecule has 3 nitrogen and oxygen atoms in total. The van der Waals surface area contributed by atoms with Gasteiger partial charge in [0.15, 0.2) is 0 Å². The molecule has 0 radical (unpaired) electrons. The molecule has 0 atom stereocenters. The quantitative estimate of drug-likeness (QED) is 0.841. The molecule has 0 saturated heterocycles. The molecular weight excluding hydrogens is 226 g/mol. The molecule has 0 aromatic heterocycles. The summed E-state index contributed by atoms with van der Waals surface area (Å²) in [6.07, 6.45) is 3.59. The van der Waals surface area contributed by atoms with E-state index in [0.29, 0.717) is 12.0 Å². The van der Waals surface area contributed by atoms with E-state index in [1.807, 2.05) is 12.1 Å². The Morgan fingerprint density at radius 3 is 2.61 bits per heavy atom. The molecule has 3 heteroatoms. The average Bonchev–Trinajstić information content (AvgIpc) is 2.36. The normalized spacial score (nSPS) is 22.4. The van der Waals surface area contributed by atoms with Gasteiger partial charge in [-0.05, 0) is 49.9 Å². The van der Waals surface area contributed by atoms with Crippen LogP contribution in [0.2, 0.25) is 0 Å². The summed E-state index contributed by atoms with van der Waals surface area (Å²) in [5.41, 5.74) is 1.28. The van der Waals surface area contributed by atoms with E-state index in [4.69, 9.17) is 9.47 Å². The van der Waals surface area contributed by atoms with Crippen molar-refractivity contribution < 1.29 is 9.47 Å². The zero-order chi connectivity index (χ0) is 13.0. The summed E-state index contributed by atoms with van der Waals surface area (Å²) in [5, 5.41) is 3.56. The molecule has 18 heavy (non-hydrogen) atoms. The molecule has 1 aliphatic rings. The van der Waals surface area contributed by atoms with Crippen LogP contribution >= 0.6 is 0 Å². The topological polar surface area (TPSA) is 30.5 Å². The molecule has 0 aliphatic heterocycles. The van der Waals surface area contributed by atoms with E-state index in [1.54, 1.807) is 14.2 Å². The van der Waals surface area contributed by atoms with Gasteiger partial charge in [-0.25, -0.2) is 0 Å². The van der Waals surface area contributed by atoms with Gasteiger partial charge in [0.05, 0.1) is 14.2 Å². The van der Waals surface area contributed by atoms with Crippen LogP contribution in [0.5, 0.6) is 11.5 Å². The van der Waals surface area contributed by atoms with Crippen molar-refractivity contribution in [1.82, 2.24) is 5.32 Å². The third-order valence-corrected chi connectivity index (χ3v) is 3.70. The summed E-state index contributed by atoms with van der Waals surface area (Å²) >= 11 is 0. The van der Waals surface area contributed by atoms with Crippen LogP contribution in [-0.4, -0.2) is 26.8 Å². The Morgan fingerprint density at radius 1 is 1.22 bits per heavy atom. The largest absolute Gasteiger partial charge is 0.497 e. The van der Waals surface area contributed by atoms with Crippen molar-refractivity contribution in [3.8, 4) is 11.5 Å². The number of nitrogens with one attached hydrogen (secondary N) is 1. The highest BCUT2D eigenvalue weighted by Crippen LogP contribution is 2.42. The number of hydrogen-bond donors (Lipinski definition) is 1. The van der Waals surface area contributed by atoms with E-state index in [9.17, 15) is 0 Å². The molecule has 1 fully saturated rings. The summed E-state index contributed by atoms with van der Waals surface area (Å²) in [4.78, 5) is 0. The van der Waals surface area contributed by atoms with Crippen molar-refractivity contribution in [1.29, 1.82) is 0 Å². The summed E-state index contributed by atoms with van der Waals surface area (Å²) in [6.45, 7) is 3.32. The fraction of sp³-hybridized carbons (Fsp3) is 0.600. The van der Waals surface area contributed by atoms with Crippen molar-refractivity contribution >= 4 is 0 Å². The maximum Gasteiger partial charge on any atom is 0.122 e. The van der Waals surface area contributed by atoms with Gasteiger partial charge in [0.1, 0.15) is 11.5 Å². The molecule has 1 N–H and O–H groups in total. The van der Waals surface area contributed by atoms with E-state index in [1.165, 1.54) is 24.8 Å². The molecule has 2 rings (SSSR count). The molecule has 0 spiro atoms. The number of ether oxygens (including phenoxy) is 2. The lowest BCUT2D eigenvalue weighted by Gasteiger charge is -2.37. The van der Waals surface area contributed by atoms with E-state index in [-0.39, 0.29) is 0 Å². The summed E-state index contributed by atoms with van der Waals surface area (Å²) < 4.78 is 10.7. The molecule has 0 unspecified atom stereocenters. The van der Waals surface area contributed by atoms with E-state index in [2.05, 4.69) is 18.3 Å². The first-order chi connectivity index (χ1) is 8.78. The van der Waals surface area contributed by atoms with Gasteiger partial charge in [-0.15, -0.1) is 0 Å². The molecular formula is C15H23NO2. The fourth-order valence-corrected chi connectivity index (χ4v) is 2.55. The summed E-state index contributed by atoms with van der Waals surface area (Å²) in [5.74, 6) is 2.50.